The van der Waals surface area contributed by atoms with Gasteiger partial charge < -0.3 is 20.5 Å². The van der Waals surface area contributed by atoms with Gasteiger partial charge in [-0.3, -0.25) is 10.1 Å². The van der Waals surface area contributed by atoms with Gasteiger partial charge in [0.05, 0.1) is 49.8 Å². The molecule has 0 aliphatic rings. The molecule has 138 valence electrons. The number of hydrogen-bond donors (Lipinski definition) is 3. The fraction of sp³-hybridized carbons (Fsp3) is 0.235. The van der Waals surface area contributed by atoms with E-state index in [1.807, 2.05) is 6.07 Å². The molecule has 0 saturated carbocycles. The van der Waals surface area contributed by atoms with Gasteiger partial charge in [-0.05, 0) is 13.0 Å². The summed E-state index contributed by atoms with van der Waals surface area (Å²) in [5.41, 5.74) is 7.15. The first-order valence-corrected chi connectivity index (χ1v) is 8.15. The van der Waals surface area contributed by atoms with Crippen molar-refractivity contribution in [3.8, 4) is 28.8 Å². The Labute approximate surface area is 155 Å². The van der Waals surface area contributed by atoms with Gasteiger partial charge in [0.25, 0.3) is 0 Å². The maximum Gasteiger partial charge on any atom is 0.158 e. The first-order valence-electron chi connectivity index (χ1n) is 8.15. The minimum absolute atomic E-state index is 0.240. The van der Waals surface area contributed by atoms with Crippen LogP contribution in [0.2, 0.25) is 0 Å². The summed E-state index contributed by atoms with van der Waals surface area (Å²) < 4.78 is 11.2. The third-order valence-corrected chi connectivity index (χ3v) is 3.57. The number of methoxy groups -OCH3 is 1. The highest BCUT2D eigenvalue weighted by Gasteiger charge is 2.16. The summed E-state index contributed by atoms with van der Waals surface area (Å²) in [6, 6.07) is 3.70. The molecule has 10 nitrogen and oxygen atoms in total. The van der Waals surface area contributed by atoms with Crippen molar-refractivity contribution < 1.29 is 9.47 Å². The number of rotatable bonds is 8. The average molecular weight is 366 g/mol. The molecule has 0 aliphatic carbocycles. The van der Waals surface area contributed by atoms with Crippen molar-refractivity contribution in [3.63, 3.8) is 0 Å². The SMILES string of the molecule is COc1cncc(OCCCN)c1-c1cc(Nc2cnc(C#N)cn2)n[nH]1. The highest BCUT2D eigenvalue weighted by Crippen LogP contribution is 2.37. The largest absolute Gasteiger partial charge is 0.494 e. The Kier molecular flexibility index (Phi) is 5.76. The third kappa shape index (κ3) is 4.28. The Morgan fingerprint density at radius 3 is 2.74 bits per heavy atom. The maximum atomic E-state index is 8.77. The van der Waals surface area contributed by atoms with Crippen molar-refractivity contribution in [2.75, 3.05) is 25.6 Å². The number of aromatic amines is 1. The molecule has 0 bridgehead atoms. The predicted octanol–water partition coefficient (Wildman–Crippen LogP) is 1.61. The van der Waals surface area contributed by atoms with Crippen LogP contribution in [-0.2, 0) is 0 Å². The van der Waals surface area contributed by atoms with Crippen molar-refractivity contribution in [1.82, 2.24) is 25.1 Å². The molecule has 3 aromatic rings. The predicted molar refractivity (Wildman–Crippen MR) is 97.6 cm³/mol. The van der Waals surface area contributed by atoms with Gasteiger partial charge >= 0.3 is 0 Å². The zero-order valence-electron chi connectivity index (χ0n) is 14.6. The van der Waals surface area contributed by atoms with Crippen molar-refractivity contribution in [2.24, 2.45) is 5.73 Å². The first kappa shape index (κ1) is 18.1. The van der Waals surface area contributed by atoms with Gasteiger partial charge in [-0.1, -0.05) is 0 Å². The van der Waals surface area contributed by atoms with E-state index in [1.165, 1.54) is 12.4 Å². The fourth-order valence-electron chi connectivity index (χ4n) is 2.31. The molecule has 3 aromatic heterocycles. The molecule has 10 heteroatoms. The second kappa shape index (κ2) is 8.59. The lowest BCUT2D eigenvalue weighted by Gasteiger charge is -2.12. The van der Waals surface area contributed by atoms with Crippen LogP contribution in [0.1, 0.15) is 12.1 Å². The van der Waals surface area contributed by atoms with E-state index in [9.17, 15) is 0 Å². The highest BCUT2D eigenvalue weighted by molar-refractivity contribution is 5.75. The molecule has 0 unspecified atom stereocenters. The molecule has 0 radical (unpaired) electrons. The summed E-state index contributed by atoms with van der Waals surface area (Å²) in [5.74, 6) is 2.11. The van der Waals surface area contributed by atoms with E-state index in [-0.39, 0.29) is 5.69 Å². The Hall–Kier alpha value is -3.71. The van der Waals surface area contributed by atoms with E-state index in [2.05, 4.69) is 30.5 Å². The van der Waals surface area contributed by atoms with Crippen LogP contribution in [0.5, 0.6) is 11.5 Å². The Balaban J connectivity index is 1.85. The average Bonchev–Trinajstić information content (AvgIpc) is 3.16. The third-order valence-electron chi connectivity index (χ3n) is 3.57. The second-order valence-electron chi connectivity index (χ2n) is 5.40. The van der Waals surface area contributed by atoms with Crippen LogP contribution >= 0.6 is 0 Å². The molecule has 0 aliphatic heterocycles. The lowest BCUT2D eigenvalue weighted by molar-refractivity contribution is 0.311. The molecule has 0 fully saturated rings. The second-order valence-corrected chi connectivity index (χ2v) is 5.40. The summed E-state index contributed by atoms with van der Waals surface area (Å²) in [6.07, 6.45) is 6.79. The van der Waals surface area contributed by atoms with Crippen LogP contribution in [0.15, 0.2) is 30.9 Å². The topological polar surface area (TPSA) is 148 Å². The molecular weight excluding hydrogens is 348 g/mol. The van der Waals surface area contributed by atoms with Gasteiger partial charge in [0.2, 0.25) is 0 Å². The number of pyridine rings is 1. The Bertz CT molecular complexity index is 933. The van der Waals surface area contributed by atoms with Crippen molar-refractivity contribution in [2.45, 2.75) is 6.42 Å². The molecule has 0 amide bonds. The molecular formula is C17H18N8O2. The molecule has 3 heterocycles. The van der Waals surface area contributed by atoms with Crippen LogP contribution in [0.4, 0.5) is 11.6 Å². The van der Waals surface area contributed by atoms with Crippen LogP contribution in [0, 0.1) is 11.3 Å². The van der Waals surface area contributed by atoms with Gasteiger partial charge in [-0.2, -0.15) is 10.4 Å². The minimum Gasteiger partial charge on any atom is -0.494 e. The number of H-pyrrole nitrogens is 1. The van der Waals surface area contributed by atoms with Gasteiger partial charge in [0.1, 0.15) is 17.6 Å². The molecule has 4 N–H and O–H groups in total. The van der Waals surface area contributed by atoms with E-state index in [1.54, 1.807) is 25.6 Å². The number of nitrogens with two attached hydrogens (primary N) is 1. The zero-order valence-corrected chi connectivity index (χ0v) is 14.6. The van der Waals surface area contributed by atoms with E-state index in [0.717, 1.165) is 6.42 Å². The number of nitriles is 1. The number of aromatic nitrogens is 5. The first-order chi connectivity index (χ1) is 13.2. The zero-order chi connectivity index (χ0) is 19.1. The van der Waals surface area contributed by atoms with Crippen LogP contribution in [0.3, 0.4) is 0 Å². The number of nitrogens with zero attached hydrogens (tertiary/aromatic N) is 5. The normalized spacial score (nSPS) is 10.3. The maximum absolute atomic E-state index is 8.77. The molecule has 3 rings (SSSR count). The minimum atomic E-state index is 0.240. The van der Waals surface area contributed by atoms with E-state index in [0.29, 0.717) is 47.5 Å². The van der Waals surface area contributed by atoms with Crippen LogP contribution in [0.25, 0.3) is 11.3 Å². The number of nitrogens with one attached hydrogen (secondary N) is 2. The summed E-state index contributed by atoms with van der Waals surface area (Å²) in [5, 5.41) is 19.0. The monoisotopic (exact) mass is 366 g/mol. The van der Waals surface area contributed by atoms with Crippen molar-refractivity contribution in [1.29, 1.82) is 5.26 Å². The molecule has 27 heavy (non-hydrogen) atoms. The highest BCUT2D eigenvalue weighted by atomic mass is 16.5. The summed E-state index contributed by atoms with van der Waals surface area (Å²) in [7, 11) is 1.56. The summed E-state index contributed by atoms with van der Waals surface area (Å²) in [6.45, 7) is 1.01. The smallest absolute Gasteiger partial charge is 0.158 e. The number of anilines is 2. The Morgan fingerprint density at radius 2 is 2.04 bits per heavy atom. The van der Waals surface area contributed by atoms with Crippen molar-refractivity contribution >= 4 is 11.6 Å². The summed E-state index contributed by atoms with van der Waals surface area (Å²) in [4.78, 5) is 12.2. The van der Waals surface area contributed by atoms with Crippen LogP contribution < -0.4 is 20.5 Å². The quantitative estimate of drug-likeness (QED) is 0.506. The van der Waals surface area contributed by atoms with Gasteiger partial charge in [0, 0.05) is 6.07 Å². The van der Waals surface area contributed by atoms with E-state index >= 15 is 0 Å². The summed E-state index contributed by atoms with van der Waals surface area (Å²) >= 11 is 0. The lowest BCUT2D eigenvalue weighted by Crippen LogP contribution is -2.07. The van der Waals surface area contributed by atoms with Gasteiger partial charge in [-0.25, -0.2) is 9.97 Å². The fourth-order valence-corrected chi connectivity index (χ4v) is 2.31. The molecule has 0 atom stereocenters. The molecule has 0 aromatic carbocycles. The lowest BCUT2D eigenvalue weighted by atomic mass is 10.1. The van der Waals surface area contributed by atoms with Gasteiger partial charge in [0.15, 0.2) is 17.3 Å². The molecule has 0 saturated heterocycles. The van der Waals surface area contributed by atoms with Crippen LogP contribution in [-0.4, -0.2) is 45.4 Å². The van der Waals surface area contributed by atoms with Crippen molar-refractivity contribution in [3.05, 3.63) is 36.5 Å². The standard InChI is InChI=1S/C17H18N8O2/c1-26-13-8-20-9-14(27-4-2-3-18)17(13)12-5-15(25-24-12)23-16-10-21-11(6-19)7-22-16/h5,7-10H,2-4,18H2,1H3,(H2,22,23,24,25). The van der Waals surface area contributed by atoms with Gasteiger partial charge in [-0.15, -0.1) is 0 Å². The molecule has 0 spiro atoms. The number of hydrogen-bond acceptors (Lipinski definition) is 9. The number of ether oxygens (including phenoxy) is 2. The Morgan fingerprint density at radius 1 is 1.19 bits per heavy atom. The van der Waals surface area contributed by atoms with E-state index < -0.39 is 0 Å². The van der Waals surface area contributed by atoms with E-state index in [4.69, 9.17) is 20.5 Å².